The number of hydrogen-bond donors (Lipinski definition) is 1. The SMILES string of the molecule is Cc1cccc(CNC(C)c2c(C)cc(C)nc2C)n1. The molecule has 0 aliphatic rings. The second-order valence-electron chi connectivity index (χ2n) is 5.45. The van der Waals surface area contributed by atoms with E-state index < -0.39 is 0 Å². The van der Waals surface area contributed by atoms with Crippen LogP contribution in [0.25, 0.3) is 0 Å². The number of aromatic nitrogens is 2. The van der Waals surface area contributed by atoms with Gasteiger partial charge < -0.3 is 5.32 Å². The van der Waals surface area contributed by atoms with Gasteiger partial charge in [-0.15, -0.1) is 0 Å². The van der Waals surface area contributed by atoms with Crippen molar-refractivity contribution < 1.29 is 0 Å². The Morgan fingerprint density at radius 2 is 1.80 bits per heavy atom. The summed E-state index contributed by atoms with van der Waals surface area (Å²) in [6.45, 7) is 11.2. The first-order valence-corrected chi connectivity index (χ1v) is 7.08. The molecule has 0 saturated carbocycles. The van der Waals surface area contributed by atoms with E-state index in [2.05, 4.69) is 48.2 Å². The fraction of sp³-hybridized carbons (Fsp3) is 0.412. The standard InChI is InChI=1S/C17H23N3/c1-11-9-13(3)19-15(5)17(11)14(4)18-10-16-8-6-7-12(2)20-16/h6-9,14,18H,10H2,1-5H3. The summed E-state index contributed by atoms with van der Waals surface area (Å²) >= 11 is 0. The van der Waals surface area contributed by atoms with Crippen LogP contribution in [0.5, 0.6) is 0 Å². The normalized spacial score (nSPS) is 12.4. The van der Waals surface area contributed by atoms with Crippen LogP contribution in [0.3, 0.4) is 0 Å². The first kappa shape index (κ1) is 14.7. The number of hydrogen-bond acceptors (Lipinski definition) is 3. The Labute approximate surface area is 121 Å². The van der Waals surface area contributed by atoms with Gasteiger partial charge in [0, 0.05) is 29.7 Å². The van der Waals surface area contributed by atoms with Crippen molar-refractivity contribution in [1.82, 2.24) is 15.3 Å². The van der Waals surface area contributed by atoms with Crippen LogP contribution in [0, 0.1) is 27.7 Å². The van der Waals surface area contributed by atoms with Crippen molar-refractivity contribution in [2.45, 2.75) is 47.2 Å². The van der Waals surface area contributed by atoms with E-state index in [1.807, 2.05) is 26.0 Å². The van der Waals surface area contributed by atoms with E-state index in [-0.39, 0.29) is 6.04 Å². The largest absolute Gasteiger partial charge is 0.304 e. The Morgan fingerprint density at radius 3 is 2.45 bits per heavy atom. The molecule has 0 amide bonds. The topological polar surface area (TPSA) is 37.8 Å². The number of aryl methyl sites for hydroxylation is 4. The van der Waals surface area contributed by atoms with Crippen LogP contribution < -0.4 is 5.32 Å². The van der Waals surface area contributed by atoms with Crippen molar-refractivity contribution in [2.24, 2.45) is 0 Å². The zero-order valence-corrected chi connectivity index (χ0v) is 13.0. The first-order valence-electron chi connectivity index (χ1n) is 7.08. The Kier molecular flexibility index (Phi) is 4.50. The lowest BCUT2D eigenvalue weighted by molar-refractivity contribution is 0.559. The summed E-state index contributed by atoms with van der Waals surface area (Å²) in [6, 6.07) is 8.54. The maximum atomic E-state index is 4.57. The summed E-state index contributed by atoms with van der Waals surface area (Å²) in [7, 11) is 0. The van der Waals surface area contributed by atoms with Crippen molar-refractivity contribution in [1.29, 1.82) is 0 Å². The van der Waals surface area contributed by atoms with Crippen LogP contribution in [0.2, 0.25) is 0 Å². The second-order valence-corrected chi connectivity index (χ2v) is 5.45. The third kappa shape index (κ3) is 3.42. The van der Waals surface area contributed by atoms with Gasteiger partial charge >= 0.3 is 0 Å². The summed E-state index contributed by atoms with van der Waals surface area (Å²) in [4.78, 5) is 9.09. The maximum Gasteiger partial charge on any atom is 0.0545 e. The average Bonchev–Trinajstić information content (AvgIpc) is 2.35. The zero-order valence-electron chi connectivity index (χ0n) is 13.0. The molecular formula is C17H23N3. The molecule has 1 N–H and O–H groups in total. The van der Waals surface area contributed by atoms with Crippen LogP contribution in [-0.4, -0.2) is 9.97 Å². The highest BCUT2D eigenvalue weighted by molar-refractivity contribution is 5.33. The highest BCUT2D eigenvalue weighted by Crippen LogP contribution is 2.21. The molecule has 0 spiro atoms. The minimum absolute atomic E-state index is 0.269. The van der Waals surface area contributed by atoms with Gasteiger partial charge in [0.2, 0.25) is 0 Å². The van der Waals surface area contributed by atoms with Gasteiger partial charge in [-0.2, -0.15) is 0 Å². The molecule has 0 aliphatic heterocycles. The molecule has 2 aromatic heterocycles. The Bertz CT molecular complexity index is 582. The highest BCUT2D eigenvalue weighted by atomic mass is 14.9. The van der Waals surface area contributed by atoms with Crippen molar-refractivity contribution in [3.63, 3.8) is 0 Å². The quantitative estimate of drug-likeness (QED) is 0.922. The van der Waals surface area contributed by atoms with Crippen molar-refractivity contribution >= 4 is 0 Å². The Morgan fingerprint density at radius 1 is 1.05 bits per heavy atom. The molecule has 0 bridgehead atoms. The molecule has 106 valence electrons. The average molecular weight is 269 g/mol. The first-order chi connectivity index (χ1) is 9.47. The molecule has 0 saturated heterocycles. The van der Waals surface area contributed by atoms with Gasteiger partial charge in [-0.3, -0.25) is 9.97 Å². The predicted octanol–water partition coefficient (Wildman–Crippen LogP) is 3.56. The molecule has 3 nitrogen and oxygen atoms in total. The van der Waals surface area contributed by atoms with Crippen LogP contribution in [0.1, 0.15) is 46.9 Å². The summed E-state index contributed by atoms with van der Waals surface area (Å²) < 4.78 is 0. The fourth-order valence-corrected chi connectivity index (χ4v) is 2.75. The van der Waals surface area contributed by atoms with Crippen LogP contribution in [0.4, 0.5) is 0 Å². The third-order valence-electron chi connectivity index (χ3n) is 3.55. The summed E-state index contributed by atoms with van der Waals surface area (Å²) in [5.41, 5.74) is 6.92. The number of nitrogens with one attached hydrogen (secondary N) is 1. The van der Waals surface area contributed by atoms with E-state index in [4.69, 9.17) is 0 Å². The zero-order chi connectivity index (χ0) is 14.7. The molecule has 0 fully saturated rings. The summed E-state index contributed by atoms with van der Waals surface area (Å²) in [5, 5.41) is 3.54. The summed E-state index contributed by atoms with van der Waals surface area (Å²) in [5.74, 6) is 0. The minimum Gasteiger partial charge on any atom is -0.304 e. The monoisotopic (exact) mass is 269 g/mol. The number of nitrogens with zero attached hydrogens (tertiary/aromatic N) is 2. The van der Waals surface area contributed by atoms with Gasteiger partial charge in [0.15, 0.2) is 0 Å². The van der Waals surface area contributed by atoms with Gasteiger partial charge in [0.1, 0.15) is 0 Å². The van der Waals surface area contributed by atoms with Crippen molar-refractivity contribution in [2.75, 3.05) is 0 Å². The lowest BCUT2D eigenvalue weighted by Gasteiger charge is -2.19. The molecular weight excluding hydrogens is 246 g/mol. The molecule has 0 aromatic carbocycles. The molecule has 2 aromatic rings. The van der Waals surface area contributed by atoms with Crippen molar-refractivity contribution in [3.8, 4) is 0 Å². The lowest BCUT2D eigenvalue weighted by atomic mass is 10.0. The van der Waals surface area contributed by atoms with E-state index in [1.165, 1.54) is 11.1 Å². The number of pyridine rings is 2. The van der Waals surface area contributed by atoms with E-state index in [1.54, 1.807) is 0 Å². The van der Waals surface area contributed by atoms with Crippen molar-refractivity contribution in [3.05, 3.63) is 58.2 Å². The van der Waals surface area contributed by atoms with Gasteiger partial charge in [-0.25, -0.2) is 0 Å². The Hall–Kier alpha value is -1.74. The van der Waals surface area contributed by atoms with Crippen LogP contribution in [0.15, 0.2) is 24.3 Å². The lowest BCUT2D eigenvalue weighted by Crippen LogP contribution is -2.21. The summed E-state index contributed by atoms with van der Waals surface area (Å²) in [6.07, 6.45) is 0. The second kappa shape index (κ2) is 6.14. The van der Waals surface area contributed by atoms with E-state index >= 15 is 0 Å². The van der Waals surface area contributed by atoms with Gasteiger partial charge in [-0.1, -0.05) is 6.07 Å². The fourth-order valence-electron chi connectivity index (χ4n) is 2.75. The predicted molar refractivity (Wildman–Crippen MR) is 82.7 cm³/mol. The number of rotatable bonds is 4. The highest BCUT2D eigenvalue weighted by Gasteiger charge is 2.12. The van der Waals surface area contributed by atoms with E-state index in [0.29, 0.717) is 0 Å². The molecule has 1 unspecified atom stereocenters. The molecule has 3 heteroatoms. The maximum absolute atomic E-state index is 4.57. The van der Waals surface area contributed by atoms with Crippen LogP contribution in [-0.2, 0) is 6.54 Å². The molecule has 0 radical (unpaired) electrons. The molecule has 2 rings (SSSR count). The van der Waals surface area contributed by atoms with Gasteiger partial charge in [0.25, 0.3) is 0 Å². The van der Waals surface area contributed by atoms with Gasteiger partial charge in [0.05, 0.1) is 5.69 Å². The third-order valence-corrected chi connectivity index (χ3v) is 3.55. The minimum atomic E-state index is 0.269. The molecule has 1 atom stereocenters. The molecule has 0 aliphatic carbocycles. The molecule has 20 heavy (non-hydrogen) atoms. The van der Waals surface area contributed by atoms with Gasteiger partial charge in [-0.05, 0) is 63.9 Å². The smallest absolute Gasteiger partial charge is 0.0545 e. The molecule has 2 heterocycles. The van der Waals surface area contributed by atoms with E-state index in [9.17, 15) is 0 Å². The Balaban J connectivity index is 2.11. The van der Waals surface area contributed by atoms with Crippen LogP contribution >= 0.6 is 0 Å². The van der Waals surface area contributed by atoms with E-state index in [0.717, 1.165) is 29.3 Å².